The van der Waals surface area contributed by atoms with Gasteiger partial charge in [0.15, 0.2) is 0 Å². The summed E-state index contributed by atoms with van der Waals surface area (Å²) in [6.07, 6.45) is 2.15. The minimum Gasteiger partial charge on any atom is -0.491 e. The molecule has 1 atom stereocenters. The van der Waals surface area contributed by atoms with Crippen LogP contribution in [0.15, 0.2) is 24.3 Å². The number of rotatable bonds is 5. The Morgan fingerprint density at radius 2 is 2.26 bits per heavy atom. The summed E-state index contributed by atoms with van der Waals surface area (Å²) >= 11 is 5.96. The molecule has 4 nitrogen and oxygen atoms in total. The van der Waals surface area contributed by atoms with Gasteiger partial charge in [0.2, 0.25) is 5.91 Å². The molecule has 1 aliphatic rings. The Bertz CT molecular complexity index is 438. The molecular weight excluding hydrogens is 266 g/mol. The zero-order valence-corrected chi connectivity index (χ0v) is 11.5. The summed E-state index contributed by atoms with van der Waals surface area (Å²) in [7, 11) is 0. The summed E-state index contributed by atoms with van der Waals surface area (Å²) in [6.45, 7) is 1.07. The van der Waals surface area contributed by atoms with Gasteiger partial charge in [0.1, 0.15) is 5.75 Å². The Balaban J connectivity index is 1.80. The standard InChI is InChI=1S/C14H18ClNO3/c15-12-5-1-2-6-13(12)19-9-7-14(18)16-8-3-4-11(16)10-17/h1-2,5-6,11,17H,3-4,7-10H2/t11-/m1/s1. The molecule has 1 fully saturated rings. The molecule has 0 radical (unpaired) electrons. The second-order valence-electron chi connectivity index (χ2n) is 4.59. The molecule has 5 heteroatoms. The highest BCUT2D eigenvalue weighted by molar-refractivity contribution is 6.32. The van der Waals surface area contributed by atoms with Gasteiger partial charge in [-0.1, -0.05) is 23.7 Å². The van der Waals surface area contributed by atoms with E-state index in [1.54, 1.807) is 17.0 Å². The fourth-order valence-electron chi connectivity index (χ4n) is 2.31. The van der Waals surface area contributed by atoms with Gasteiger partial charge in [-0.05, 0) is 25.0 Å². The third-order valence-electron chi connectivity index (χ3n) is 3.32. The molecule has 1 N–H and O–H groups in total. The molecule has 0 aliphatic carbocycles. The average molecular weight is 284 g/mol. The second-order valence-corrected chi connectivity index (χ2v) is 5.00. The van der Waals surface area contributed by atoms with Crippen LogP contribution < -0.4 is 4.74 Å². The van der Waals surface area contributed by atoms with Crippen molar-refractivity contribution in [2.24, 2.45) is 0 Å². The normalized spacial score (nSPS) is 18.6. The first-order valence-corrected chi connectivity index (χ1v) is 6.88. The number of ether oxygens (including phenoxy) is 1. The van der Waals surface area contributed by atoms with Gasteiger partial charge in [0.25, 0.3) is 0 Å². The lowest BCUT2D eigenvalue weighted by molar-refractivity contribution is -0.133. The van der Waals surface area contributed by atoms with Crippen molar-refractivity contribution in [3.05, 3.63) is 29.3 Å². The molecule has 0 aromatic heterocycles. The quantitative estimate of drug-likeness (QED) is 0.900. The van der Waals surface area contributed by atoms with Gasteiger partial charge in [-0.25, -0.2) is 0 Å². The molecule has 1 aromatic rings. The van der Waals surface area contributed by atoms with Crippen molar-refractivity contribution >= 4 is 17.5 Å². The molecule has 1 aliphatic heterocycles. The Hall–Kier alpha value is -1.26. The number of hydrogen-bond donors (Lipinski definition) is 1. The number of carbonyl (C=O) groups is 1. The minimum atomic E-state index is -0.0205. The van der Waals surface area contributed by atoms with Crippen LogP contribution >= 0.6 is 11.6 Å². The van der Waals surface area contributed by atoms with Crippen molar-refractivity contribution in [2.45, 2.75) is 25.3 Å². The molecular formula is C14H18ClNO3. The minimum absolute atomic E-state index is 0.0205. The van der Waals surface area contributed by atoms with E-state index in [2.05, 4.69) is 0 Å². The summed E-state index contributed by atoms with van der Waals surface area (Å²) in [6, 6.07) is 7.18. The van der Waals surface area contributed by atoms with Crippen LogP contribution in [-0.2, 0) is 4.79 Å². The topological polar surface area (TPSA) is 49.8 Å². The van der Waals surface area contributed by atoms with E-state index in [1.165, 1.54) is 0 Å². The SMILES string of the molecule is O=C(CCOc1ccccc1Cl)N1CCC[C@@H]1CO. The second kappa shape index (κ2) is 6.78. The van der Waals surface area contributed by atoms with Crippen molar-refractivity contribution in [3.63, 3.8) is 0 Å². The first-order valence-electron chi connectivity index (χ1n) is 6.50. The number of amides is 1. The van der Waals surface area contributed by atoms with Crippen molar-refractivity contribution in [3.8, 4) is 5.75 Å². The molecule has 1 amide bonds. The van der Waals surface area contributed by atoms with E-state index in [1.807, 2.05) is 12.1 Å². The summed E-state index contributed by atoms with van der Waals surface area (Å²) < 4.78 is 5.49. The van der Waals surface area contributed by atoms with Crippen LogP contribution in [0.5, 0.6) is 5.75 Å². The lowest BCUT2D eigenvalue weighted by Gasteiger charge is -2.23. The lowest BCUT2D eigenvalue weighted by Crippen LogP contribution is -2.38. The maximum absolute atomic E-state index is 12.0. The van der Waals surface area contributed by atoms with Gasteiger partial charge in [-0.15, -0.1) is 0 Å². The summed E-state index contributed by atoms with van der Waals surface area (Å²) in [5.74, 6) is 0.626. The van der Waals surface area contributed by atoms with E-state index in [4.69, 9.17) is 16.3 Å². The van der Waals surface area contributed by atoms with Crippen LogP contribution in [0.25, 0.3) is 0 Å². The number of carbonyl (C=O) groups excluding carboxylic acids is 1. The number of aliphatic hydroxyl groups excluding tert-OH is 1. The third-order valence-corrected chi connectivity index (χ3v) is 3.63. The predicted octanol–water partition coefficient (Wildman–Crippen LogP) is 2.09. The highest BCUT2D eigenvalue weighted by Crippen LogP contribution is 2.23. The summed E-state index contributed by atoms with van der Waals surface area (Å²) in [5.41, 5.74) is 0. The highest BCUT2D eigenvalue weighted by Gasteiger charge is 2.27. The van der Waals surface area contributed by atoms with E-state index in [-0.39, 0.29) is 18.6 Å². The number of nitrogens with zero attached hydrogens (tertiary/aromatic N) is 1. The van der Waals surface area contributed by atoms with Crippen LogP contribution in [-0.4, -0.2) is 41.7 Å². The van der Waals surface area contributed by atoms with Gasteiger partial charge in [-0.2, -0.15) is 0 Å². The Morgan fingerprint density at radius 1 is 1.47 bits per heavy atom. The first kappa shape index (κ1) is 14.2. The Labute approximate surface area is 117 Å². The van der Waals surface area contributed by atoms with Gasteiger partial charge in [-0.3, -0.25) is 4.79 Å². The number of aliphatic hydroxyl groups is 1. The Morgan fingerprint density at radius 3 is 3.00 bits per heavy atom. The molecule has 0 bridgehead atoms. The van der Waals surface area contributed by atoms with Gasteiger partial charge in [0.05, 0.1) is 30.7 Å². The predicted molar refractivity (Wildman–Crippen MR) is 73.4 cm³/mol. The van der Waals surface area contributed by atoms with E-state index < -0.39 is 0 Å². The zero-order valence-electron chi connectivity index (χ0n) is 10.7. The molecule has 19 heavy (non-hydrogen) atoms. The van der Waals surface area contributed by atoms with Crippen molar-refractivity contribution in [2.75, 3.05) is 19.8 Å². The maximum Gasteiger partial charge on any atom is 0.226 e. The van der Waals surface area contributed by atoms with Crippen LogP contribution in [0.1, 0.15) is 19.3 Å². The van der Waals surface area contributed by atoms with Gasteiger partial charge >= 0.3 is 0 Å². The zero-order chi connectivity index (χ0) is 13.7. The lowest BCUT2D eigenvalue weighted by atomic mass is 10.2. The third kappa shape index (κ3) is 3.61. The van der Waals surface area contributed by atoms with Crippen LogP contribution in [0, 0.1) is 0 Å². The first-order chi connectivity index (χ1) is 9.22. The van der Waals surface area contributed by atoms with Gasteiger partial charge in [0, 0.05) is 6.54 Å². The van der Waals surface area contributed by atoms with E-state index in [0.717, 1.165) is 19.4 Å². The van der Waals surface area contributed by atoms with Crippen LogP contribution in [0.3, 0.4) is 0 Å². The van der Waals surface area contributed by atoms with Crippen LogP contribution in [0.4, 0.5) is 0 Å². The number of halogens is 1. The van der Waals surface area contributed by atoms with Crippen molar-refractivity contribution < 1.29 is 14.6 Å². The van der Waals surface area contributed by atoms with E-state index in [9.17, 15) is 9.90 Å². The van der Waals surface area contributed by atoms with E-state index in [0.29, 0.717) is 23.8 Å². The largest absolute Gasteiger partial charge is 0.491 e. The number of benzene rings is 1. The van der Waals surface area contributed by atoms with Crippen molar-refractivity contribution in [1.82, 2.24) is 4.90 Å². The molecule has 0 unspecified atom stereocenters. The summed E-state index contributed by atoms with van der Waals surface area (Å²) in [5, 5.41) is 9.73. The molecule has 1 heterocycles. The van der Waals surface area contributed by atoms with Gasteiger partial charge < -0.3 is 14.7 Å². The fourth-order valence-corrected chi connectivity index (χ4v) is 2.50. The number of likely N-dealkylation sites (tertiary alicyclic amines) is 1. The molecule has 2 rings (SSSR count). The number of hydrogen-bond acceptors (Lipinski definition) is 3. The van der Waals surface area contributed by atoms with Crippen molar-refractivity contribution in [1.29, 1.82) is 0 Å². The smallest absolute Gasteiger partial charge is 0.226 e. The maximum atomic E-state index is 12.0. The van der Waals surface area contributed by atoms with E-state index >= 15 is 0 Å². The highest BCUT2D eigenvalue weighted by atomic mass is 35.5. The monoisotopic (exact) mass is 283 g/mol. The summed E-state index contributed by atoms with van der Waals surface area (Å²) in [4.78, 5) is 13.7. The van der Waals surface area contributed by atoms with Crippen LogP contribution in [0.2, 0.25) is 5.02 Å². The fraction of sp³-hybridized carbons (Fsp3) is 0.500. The molecule has 0 spiro atoms. The number of para-hydroxylation sites is 1. The average Bonchev–Trinajstić information content (AvgIpc) is 2.89. The molecule has 0 saturated carbocycles. The Kier molecular flexibility index (Phi) is 5.05. The molecule has 104 valence electrons. The molecule has 1 aromatic carbocycles. The molecule has 1 saturated heterocycles.